The van der Waals surface area contributed by atoms with Crippen LogP contribution >= 0.6 is 0 Å². The Labute approximate surface area is 107 Å². The van der Waals surface area contributed by atoms with Crippen LogP contribution < -0.4 is 5.32 Å². The van der Waals surface area contributed by atoms with Crippen LogP contribution in [0.2, 0.25) is 0 Å². The van der Waals surface area contributed by atoms with Gasteiger partial charge in [-0.15, -0.1) is 0 Å². The predicted molar refractivity (Wildman–Crippen MR) is 71.4 cm³/mol. The zero-order valence-electron chi connectivity index (χ0n) is 10.7. The van der Waals surface area contributed by atoms with E-state index in [4.69, 9.17) is 9.15 Å². The summed E-state index contributed by atoms with van der Waals surface area (Å²) in [5, 5.41) is 4.79. The Morgan fingerprint density at radius 2 is 2.28 bits per heavy atom. The molecule has 1 aliphatic rings. The summed E-state index contributed by atoms with van der Waals surface area (Å²) < 4.78 is 11.0. The molecule has 3 heteroatoms. The van der Waals surface area contributed by atoms with E-state index < -0.39 is 0 Å². The maximum atomic E-state index is 5.54. The minimum absolute atomic E-state index is 0.487. The molecular weight excluding hydrogens is 226 g/mol. The number of rotatable bonds is 4. The van der Waals surface area contributed by atoms with Gasteiger partial charge in [0.2, 0.25) is 0 Å². The quantitative estimate of drug-likeness (QED) is 0.899. The molecule has 1 saturated heterocycles. The topological polar surface area (TPSA) is 34.4 Å². The van der Waals surface area contributed by atoms with E-state index in [0.717, 1.165) is 25.3 Å². The number of ether oxygens (including phenoxy) is 1. The number of hydrogen-bond donors (Lipinski definition) is 1. The van der Waals surface area contributed by atoms with E-state index >= 15 is 0 Å². The molecule has 0 amide bonds. The number of fused-ring (bicyclic) bond motifs is 1. The van der Waals surface area contributed by atoms with E-state index in [1.165, 1.54) is 17.4 Å². The van der Waals surface area contributed by atoms with Gasteiger partial charge in [-0.2, -0.15) is 0 Å². The molecule has 2 atom stereocenters. The Balaban J connectivity index is 1.65. The highest BCUT2D eigenvalue weighted by molar-refractivity contribution is 5.80. The third-order valence-corrected chi connectivity index (χ3v) is 3.85. The molecule has 1 aromatic carbocycles. The second-order valence-corrected chi connectivity index (χ2v) is 5.05. The van der Waals surface area contributed by atoms with Crippen molar-refractivity contribution in [3.8, 4) is 0 Å². The number of benzene rings is 1. The Bertz CT molecular complexity index is 514. The Kier molecular flexibility index (Phi) is 3.35. The first-order valence-electron chi connectivity index (χ1n) is 6.61. The molecule has 1 fully saturated rings. The molecule has 2 aromatic rings. The highest BCUT2D eigenvalue weighted by atomic mass is 16.5. The Morgan fingerprint density at radius 3 is 3.11 bits per heavy atom. The summed E-state index contributed by atoms with van der Waals surface area (Å²) in [5.74, 6) is 0.642. The third-order valence-electron chi connectivity index (χ3n) is 3.85. The van der Waals surface area contributed by atoms with Gasteiger partial charge in [0.05, 0.1) is 12.9 Å². The van der Waals surface area contributed by atoms with Crippen LogP contribution in [0.4, 0.5) is 0 Å². The number of para-hydroxylation sites is 1. The highest BCUT2D eigenvalue weighted by Crippen LogP contribution is 2.21. The molecule has 1 aliphatic heterocycles. The molecule has 0 spiro atoms. The van der Waals surface area contributed by atoms with Crippen LogP contribution in [0.1, 0.15) is 18.9 Å². The molecule has 2 heterocycles. The lowest BCUT2D eigenvalue weighted by Gasteiger charge is -2.18. The molecule has 0 saturated carbocycles. The van der Waals surface area contributed by atoms with Crippen LogP contribution in [0.15, 0.2) is 34.9 Å². The average Bonchev–Trinajstić information content (AvgIpc) is 3.06. The van der Waals surface area contributed by atoms with Crippen molar-refractivity contribution >= 4 is 11.0 Å². The normalized spacial score (nSPS) is 21.5. The number of nitrogens with one attached hydrogen (secondary N) is 1. The SMILES string of the molecule is CC(NCc1coc2ccccc12)C1CCOC1. The fourth-order valence-electron chi connectivity index (χ4n) is 2.55. The summed E-state index contributed by atoms with van der Waals surface area (Å²) in [6.45, 7) is 4.89. The summed E-state index contributed by atoms with van der Waals surface area (Å²) >= 11 is 0. The number of hydrogen-bond acceptors (Lipinski definition) is 3. The molecule has 96 valence electrons. The van der Waals surface area contributed by atoms with E-state index in [0.29, 0.717) is 12.0 Å². The third kappa shape index (κ3) is 2.28. The molecule has 0 bridgehead atoms. The van der Waals surface area contributed by atoms with E-state index in [-0.39, 0.29) is 0 Å². The van der Waals surface area contributed by atoms with Crippen LogP contribution in [0, 0.1) is 5.92 Å². The van der Waals surface area contributed by atoms with Crippen molar-refractivity contribution in [2.24, 2.45) is 5.92 Å². The average molecular weight is 245 g/mol. The number of furan rings is 1. The lowest BCUT2D eigenvalue weighted by atomic mass is 10.0. The van der Waals surface area contributed by atoms with Gasteiger partial charge in [-0.3, -0.25) is 0 Å². The molecule has 0 radical (unpaired) electrons. The first kappa shape index (κ1) is 11.8. The van der Waals surface area contributed by atoms with Crippen LogP contribution in [0.5, 0.6) is 0 Å². The van der Waals surface area contributed by atoms with Gasteiger partial charge in [0.25, 0.3) is 0 Å². The zero-order chi connectivity index (χ0) is 12.4. The summed E-state index contributed by atoms with van der Waals surface area (Å²) in [4.78, 5) is 0. The van der Waals surface area contributed by atoms with Crippen LogP contribution in [-0.2, 0) is 11.3 Å². The summed E-state index contributed by atoms with van der Waals surface area (Å²) in [7, 11) is 0. The van der Waals surface area contributed by atoms with Crippen molar-refractivity contribution in [1.29, 1.82) is 0 Å². The maximum Gasteiger partial charge on any atom is 0.134 e. The largest absolute Gasteiger partial charge is 0.464 e. The Morgan fingerprint density at radius 1 is 1.39 bits per heavy atom. The standard InChI is InChI=1S/C15H19NO2/c1-11(12-6-7-17-9-12)16-8-13-10-18-15-5-3-2-4-14(13)15/h2-5,10-12,16H,6-9H2,1H3. The fourth-order valence-corrected chi connectivity index (χ4v) is 2.55. The minimum atomic E-state index is 0.487. The predicted octanol–water partition coefficient (Wildman–Crippen LogP) is 2.95. The first-order valence-corrected chi connectivity index (χ1v) is 6.61. The van der Waals surface area contributed by atoms with Gasteiger partial charge in [0, 0.05) is 30.1 Å². The summed E-state index contributed by atoms with van der Waals surface area (Å²) in [6.07, 6.45) is 3.02. The van der Waals surface area contributed by atoms with Crippen molar-refractivity contribution in [1.82, 2.24) is 5.32 Å². The van der Waals surface area contributed by atoms with Gasteiger partial charge < -0.3 is 14.5 Å². The lowest BCUT2D eigenvalue weighted by molar-refractivity contribution is 0.178. The fraction of sp³-hybridized carbons (Fsp3) is 0.467. The van der Waals surface area contributed by atoms with E-state index in [9.17, 15) is 0 Å². The molecule has 18 heavy (non-hydrogen) atoms. The minimum Gasteiger partial charge on any atom is -0.464 e. The summed E-state index contributed by atoms with van der Waals surface area (Å²) in [6, 6.07) is 8.66. The van der Waals surface area contributed by atoms with Gasteiger partial charge in [-0.05, 0) is 25.3 Å². The van der Waals surface area contributed by atoms with Gasteiger partial charge in [-0.1, -0.05) is 18.2 Å². The van der Waals surface area contributed by atoms with Gasteiger partial charge in [0.1, 0.15) is 5.58 Å². The van der Waals surface area contributed by atoms with Crippen molar-refractivity contribution < 1.29 is 9.15 Å². The molecule has 1 N–H and O–H groups in total. The van der Waals surface area contributed by atoms with E-state index in [1.807, 2.05) is 18.4 Å². The molecule has 1 aromatic heterocycles. The highest BCUT2D eigenvalue weighted by Gasteiger charge is 2.21. The van der Waals surface area contributed by atoms with E-state index in [1.54, 1.807) is 0 Å². The molecule has 2 unspecified atom stereocenters. The molecule has 3 nitrogen and oxygen atoms in total. The maximum absolute atomic E-state index is 5.54. The smallest absolute Gasteiger partial charge is 0.134 e. The van der Waals surface area contributed by atoms with Crippen molar-refractivity contribution in [3.05, 3.63) is 36.1 Å². The first-order chi connectivity index (χ1) is 8.84. The Hall–Kier alpha value is -1.32. The lowest BCUT2D eigenvalue weighted by Crippen LogP contribution is -2.33. The monoisotopic (exact) mass is 245 g/mol. The van der Waals surface area contributed by atoms with Crippen LogP contribution in [0.3, 0.4) is 0 Å². The van der Waals surface area contributed by atoms with Crippen LogP contribution in [-0.4, -0.2) is 19.3 Å². The van der Waals surface area contributed by atoms with E-state index in [2.05, 4.69) is 24.4 Å². The van der Waals surface area contributed by atoms with Crippen LogP contribution in [0.25, 0.3) is 11.0 Å². The summed E-state index contributed by atoms with van der Waals surface area (Å²) in [5.41, 5.74) is 2.20. The molecule has 0 aliphatic carbocycles. The van der Waals surface area contributed by atoms with Crippen molar-refractivity contribution in [3.63, 3.8) is 0 Å². The van der Waals surface area contributed by atoms with Crippen molar-refractivity contribution in [2.45, 2.75) is 25.9 Å². The van der Waals surface area contributed by atoms with Crippen molar-refractivity contribution in [2.75, 3.05) is 13.2 Å². The van der Waals surface area contributed by atoms with Gasteiger partial charge in [0.15, 0.2) is 0 Å². The zero-order valence-corrected chi connectivity index (χ0v) is 10.7. The second-order valence-electron chi connectivity index (χ2n) is 5.05. The molecule has 3 rings (SSSR count). The van der Waals surface area contributed by atoms with Gasteiger partial charge in [-0.25, -0.2) is 0 Å². The van der Waals surface area contributed by atoms with Gasteiger partial charge >= 0.3 is 0 Å². The molecular formula is C15H19NO2. The second kappa shape index (κ2) is 5.12.